The van der Waals surface area contributed by atoms with Gasteiger partial charge in [0.25, 0.3) is 11.8 Å². The summed E-state index contributed by atoms with van der Waals surface area (Å²) in [4.78, 5) is 30.9. The number of hydrogen-bond donors (Lipinski definition) is 2. The van der Waals surface area contributed by atoms with E-state index in [1.165, 1.54) is 12.1 Å². The third-order valence-electron chi connectivity index (χ3n) is 5.50. The minimum atomic E-state index is -0.347. The number of halogens is 1. The third-order valence-corrected chi connectivity index (χ3v) is 5.50. The van der Waals surface area contributed by atoms with Gasteiger partial charge < -0.3 is 9.80 Å². The molecule has 2 N–H and O–H groups in total. The zero-order chi connectivity index (χ0) is 22.2. The molecule has 0 spiro atoms. The van der Waals surface area contributed by atoms with Gasteiger partial charge in [-0.1, -0.05) is 0 Å². The van der Waals surface area contributed by atoms with E-state index < -0.39 is 0 Å². The van der Waals surface area contributed by atoms with E-state index in [4.69, 9.17) is 0 Å². The van der Waals surface area contributed by atoms with Crippen LogP contribution in [0.15, 0.2) is 48.5 Å². The molecular formula is C23H30FN5O2. The molecule has 1 aliphatic rings. The fraction of sp³-hybridized carbons (Fsp3) is 0.391. The number of carbonyl (C=O) groups excluding carboxylic acids is 2. The Bertz CT molecular complexity index is 861. The summed E-state index contributed by atoms with van der Waals surface area (Å²) in [5.74, 6) is -0.857. The normalized spacial score (nSPS) is 14.2. The Morgan fingerprint density at radius 2 is 1.52 bits per heavy atom. The van der Waals surface area contributed by atoms with E-state index in [0.29, 0.717) is 18.7 Å². The molecule has 7 nitrogen and oxygen atoms in total. The summed E-state index contributed by atoms with van der Waals surface area (Å²) in [6, 6.07) is 13.8. The molecule has 0 radical (unpaired) electrons. The van der Waals surface area contributed by atoms with Gasteiger partial charge in [-0.25, -0.2) is 4.39 Å². The molecule has 3 rings (SSSR count). The van der Waals surface area contributed by atoms with Crippen molar-refractivity contribution in [1.82, 2.24) is 15.8 Å². The second kappa shape index (κ2) is 10.8. The highest BCUT2D eigenvalue weighted by molar-refractivity contribution is 5.95. The molecule has 0 atom stereocenters. The van der Waals surface area contributed by atoms with Crippen molar-refractivity contribution < 1.29 is 14.0 Å². The van der Waals surface area contributed by atoms with Crippen LogP contribution in [0.3, 0.4) is 0 Å². The lowest BCUT2D eigenvalue weighted by molar-refractivity contribution is -0.123. The Hall–Kier alpha value is -3.13. The molecule has 1 aliphatic heterocycles. The molecule has 0 saturated carbocycles. The molecule has 0 aliphatic carbocycles. The molecular weight excluding hydrogens is 397 g/mol. The minimum Gasteiger partial charge on any atom is -0.372 e. The predicted octanol–water partition coefficient (Wildman–Crippen LogP) is 2.26. The number of carbonyl (C=O) groups is 2. The van der Waals surface area contributed by atoms with E-state index in [2.05, 4.69) is 34.5 Å². The first-order valence-corrected chi connectivity index (χ1v) is 10.7. The maximum atomic E-state index is 13.1. The highest BCUT2D eigenvalue weighted by Crippen LogP contribution is 2.17. The maximum absolute atomic E-state index is 13.1. The van der Waals surface area contributed by atoms with Crippen LogP contribution in [0.4, 0.5) is 15.8 Å². The second-order valence-corrected chi connectivity index (χ2v) is 7.46. The van der Waals surface area contributed by atoms with Gasteiger partial charge in [0.1, 0.15) is 5.82 Å². The number of nitrogens with one attached hydrogen (secondary N) is 2. The van der Waals surface area contributed by atoms with Gasteiger partial charge in [0.05, 0.1) is 6.54 Å². The number of piperazine rings is 1. The van der Waals surface area contributed by atoms with Crippen molar-refractivity contribution in [1.29, 1.82) is 0 Å². The van der Waals surface area contributed by atoms with Gasteiger partial charge in [0, 0.05) is 56.2 Å². The van der Waals surface area contributed by atoms with Crippen molar-refractivity contribution in [3.8, 4) is 0 Å². The molecule has 2 aromatic rings. The Morgan fingerprint density at radius 1 is 0.903 bits per heavy atom. The fourth-order valence-corrected chi connectivity index (χ4v) is 3.67. The minimum absolute atomic E-state index is 0.207. The van der Waals surface area contributed by atoms with Crippen LogP contribution < -0.4 is 20.7 Å². The number of nitrogens with zero attached hydrogens (tertiary/aromatic N) is 3. The van der Waals surface area contributed by atoms with Crippen molar-refractivity contribution in [3.63, 3.8) is 0 Å². The van der Waals surface area contributed by atoms with E-state index in [1.807, 2.05) is 17.0 Å². The summed E-state index contributed by atoms with van der Waals surface area (Å²) >= 11 is 0. The molecule has 166 valence electrons. The van der Waals surface area contributed by atoms with Crippen LogP contribution in [0.1, 0.15) is 24.2 Å². The second-order valence-electron chi connectivity index (χ2n) is 7.46. The van der Waals surface area contributed by atoms with Crippen LogP contribution in [0.25, 0.3) is 0 Å². The smallest absolute Gasteiger partial charge is 0.269 e. The highest BCUT2D eigenvalue weighted by atomic mass is 19.1. The van der Waals surface area contributed by atoms with Crippen molar-refractivity contribution in [3.05, 3.63) is 59.9 Å². The van der Waals surface area contributed by atoms with Gasteiger partial charge in [-0.15, -0.1) is 0 Å². The summed E-state index contributed by atoms with van der Waals surface area (Å²) < 4.78 is 13.1. The molecule has 8 heteroatoms. The number of hydrazine groups is 1. The maximum Gasteiger partial charge on any atom is 0.269 e. The van der Waals surface area contributed by atoms with Crippen molar-refractivity contribution in [2.45, 2.75) is 13.8 Å². The van der Waals surface area contributed by atoms with Crippen LogP contribution in [-0.4, -0.2) is 62.5 Å². The monoisotopic (exact) mass is 427 g/mol. The zero-order valence-electron chi connectivity index (χ0n) is 18.1. The summed E-state index contributed by atoms with van der Waals surface area (Å²) in [7, 11) is 0. The average molecular weight is 428 g/mol. The van der Waals surface area contributed by atoms with Crippen LogP contribution in [-0.2, 0) is 4.79 Å². The number of benzene rings is 2. The van der Waals surface area contributed by atoms with E-state index in [-0.39, 0.29) is 24.2 Å². The average Bonchev–Trinajstić information content (AvgIpc) is 2.80. The van der Waals surface area contributed by atoms with Crippen molar-refractivity contribution in [2.75, 3.05) is 55.6 Å². The molecule has 2 amide bonds. The number of amides is 2. The summed E-state index contributed by atoms with van der Waals surface area (Å²) in [6.07, 6.45) is 0. The molecule has 0 bridgehead atoms. The van der Waals surface area contributed by atoms with Crippen LogP contribution in [0, 0.1) is 5.82 Å². The van der Waals surface area contributed by atoms with Gasteiger partial charge in [-0.05, 0) is 62.4 Å². The molecule has 2 aromatic carbocycles. The number of hydrogen-bond acceptors (Lipinski definition) is 5. The number of anilines is 2. The SMILES string of the molecule is CCN(CC)c1ccc(C(=O)NNC(=O)CN2CCN(c3ccc(F)cc3)CC2)cc1. The Labute approximate surface area is 182 Å². The van der Waals surface area contributed by atoms with Crippen molar-refractivity contribution in [2.24, 2.45) is 0 Å². The fourth-order valence-electron chi connectivity index (χ4n) is 3.67. The van der Waals surface area contributed by atoms with Gasteiger partial charge in [0.2, 0.25) is 0 Å². The molecule has 1 saturated heterocycles. The first kappa shape index (κ1) is 22.6. The highest BCUT2D eigenvalue weighted by Gasteiger charge is 2.19. The molecule has 1 heterocycles. The van der Waals surface area contributed by atoms with Crippen molar-refractivity contribution >= 4 is 23.2 Å². The van der Waals surface area contributed by atoms with Gasteiger partial charge >= 0.3 is 0 Å². The van der Waals surface area contributed by atoms with E-state index in [9.17, 15) is 14.0 Å². The first-order chi connectivity index (χ1) is 15.0. The summed E-state index contributed by atoms with van der Waals surface area (Å²) in [5.41, 5.74) is 7.50. The van der Waals surface area contributed by atoms with Crippen LogP contribution in [0.2, 0.25) is 0 Å². The van der Waals surface area contributed by atoms with Crippen LogP contribution >= 0.6 is 0 Å². The summed E-state index contributed by atoms with van der Waals surface area (Å²) in [5, 5.41) is 0. The Balaban J connectivity index is 1.41. The summed E-state index contributed by atoms with van der Waals surface area (Å²) in [6.45, 7) is 9.11. The van der Waals surface area contributed by atoms with Crippen LogP contribution in [0.5, 0.6) is 0 Å². The lowest BCUT2D eigenvalue weighted by Gasteiger charge is -2.35. The van der Waals surface area contributed by atoms with Gasteiger partial charge in [0.15, 0.2) is 0 Å². The van der Waals surface area contributed by atoms with E-state index in [1.54, 1.807) is 24.3 Å². The Morgan fingerprint density at radius 3 is 2.10 bits per heavy atom. The molecule has 1 fully saturated rings. The lowest BCUT2D eigenvalue weighted by atomic mass is 10.2. The predicted molar refractivity (Wildman–Crippen MR) is 121 cm³/mol. The Kier molecular flexibility index (Phi) is 7.83. The quantitative estimate of drug-likeness (QED) is 0.664. The molecule has 31 heavy (non-hydrogen) atoms. The third kappa shape index (κ3) is 6.18. The zero-order valence-corrected chi connectivity index (χ0v) is 18.1. The first-order valence-electron chi connectivity index (χ1n) is 10.7. The molecule has 0 unspecified atom stereocenters. The largest absolute Gasteiger partial charge is 0.372 e. The number of rotatable bonds is 7. The topological polar surface area (TPSA) is 67.9 Å². The van der Waals surface area contributed by atoms with Gasteiger partial charge in [-0.2, -0.15) is 0 Å². The molecule has 0 aromatic heterocycles. The van der Waals surface area contributed by atoms with E-state index >= 15 is 0 Å². The van der Waals surface area contributed by atoms with E-state index in [0.717, 1.165) is 37.6 Å². The van der Waals surface area contributed by atoms with Gasteiger partial charge in [-0.3, -0.25) is 25.3 Å². The standard InChI is InChI=1S/C23H30FN5O2/c1-3-28(4-2)20-9-5-18(6-10-20)23(31)26-25-22(30)17-27-13-15-29(16-14-27)21-11-7-19(24)8-12-21/h5-12H,3-4,13-17H2,1-2H3,(H,25,30)(H,26,31). The lowest BCUT2D eigenvalue weighted by Crippen LogP contribution is -2.52.